The third-order valence-corrected chi connectivity index (χ3v) is 4.15. The lowest BCUT2D eigenvalue weighted by atomic mass is 10.2. The second-order valence-electron chi connectivity index (χ2n) is 5.70. The molecule has 120 valence electrons. The Kier molecular flexibility index (Phi) is 3.49. The molecule has 3 aromatic rings. The van der Waals surface area contributed by atoms with Crippen LogP contribution in [0.15, 0.2) is 65.5 Å². The summed E-state index contributed by atoms with van der Waals surface area (Å²) in [6.07, 6.45) is 0.702. The van der Waals surface area contributed by atoms with Crippen molar-refractivity contribution in [3.63, 3.8) is 0 Å². The van der Waals surface area contributed by atoms with Crippen molar-refractivity contribution >= 4 is 11.7 Å². The molecule has 0 unspecified atom stereocenters. The van der Waals surface area contributed by atoms with Gasteiger partial charge in [-0.05, 0) is 24.1 Å². The molecule has 2 heterocycles. The average Bonchev–Trinajstić information content (AvgIpc) is 3.12. The van der Waals surface area contributed by atoms with Crippen molar-refractivity contribution in [1.82, 2.24) is 14.3 Å². The minimum Gasteiger partial charge on any atom is -0.286 e. The molecule has 6 heteroatoms. The molecule has 1 aliphatic rings. The SMILES string of the molecule is O=C1N(c2ccccc2)Cc2nn(CCc3ccccc3)c(=O)n21. The quantitative estimate of drug-likeness (QED) is 0.741. The van der Waals surface area contributed by atoms with E-state index in [1.807, 2.05) is 60.7 Å². The van der Waals surface area contributed by atoms with Gasteiger partial charge in [0.05, 0.1) is 13.1 Å². The highest BCUT2D eigenvalue weighted by Crippen LogP contribution is 2.21. The third kappa shape index (κ3) is 2.42. The summed E-state index contributed by atoms with van der Waals surface area (Å²) in [5, 5.41) is 4.34. The van der Waals surface area contributed by atoms with Crippen molar-refractivity contribution in [2.45, 2.75) is 19.5 Å². The maximum Gasteiger partial charge on any atom is 0.354 e. The number of carbonyl (C=O) groups is 1. The third-order valence-electron chi connectivity index (χ3n) is 4.15. The van der Waals surface area contributed by atoms with E-state index < -0.39 is 0 Å². The van der Waals surface area contributed by atoms with Gasteiger partial charge in [-0.25, -0.2) is 14.3 Å². The Morgan fingerprint density at radius 1 is 0.917 bits per heavy atom. The molecule has 0 bridgehead atoms. The summed E-state index contributed by atoms with van der Waals surface area (Å²) < 4.78 is 2.54. The highest BCUT2D eigenvalue weighted by molar-refractivity contribution is 5.95. The van der Waals surface area contributed by atoms with E-state index in [-0.39, 0.29) is 11.7 Å². The van der Waals surface area contributed by atoms with Crippen LogP contribution in [0, 0.1) is 0 Å². The van der Waals surface area contributed by atoms with Crippen molar-refractivity contribution in [2.75, 3.05) is 4.90 Å². The van der Waals surface area contributed by atoms with Crippen molar-refractivity contribution in [3.05, 3.63) is 82.5 Å². The molecule has 0 N–H and O–H groups in total. The Morgan fingerprint density at radius 2 is 1.58 bits per heavy atom. The van der Waals surface area contributed by atoms with Gasteiger partial charge in [0.15, 0.2) is 5.82 Å². The molecule has 0 saturated heterocycles. The zero-order valence-electron chi connectivity index (χ0n) is 13.0. The molecule has 0 radical (unpaired) electrons. The zero-order chi connectivity index (χ0) is 16.5. The lowest BCUT2D eigenvalue weighted by Crippen LogP contribution is -2.35. The Morgan fingerprint density at radius 3 is 2.25 bits per heavy atom. The fourth-order valence-electron chi connectivity index (χ4n) is 2.91. The monoisotopic (exact) mass is 320 g/mol. The van der Waals surface area contributed by atoms with Gasteiger partial charge in [0.25, 0.3) is 0 Å². The summed E-state index contributed by atoms with van der Waals surface area (Å²) >= 11 is 0. The minimum absolute atomic E-state index is 0.316. The summed E-state index contributed by atoms with van der Waals surface area (Å²) in [6.45, 7) is 0.776. The normalized spacial score (nSPS) is 13.3. The first-order valence-corrected chi connectivity index (χ1v) is 7.83. The second-order valence-corrected chi connectivity index (χ2v) is 5.70. The molecular weight excluding hydrogens is 304 g/mol. The molecule has 0 atom stereocenters. The number of benzene rings is 2. The Balaban J connectivity index is 1.56. The van der Waals surface area contributed by atoms with Gasteiger partial charge in [-0.2, -0.15) is 9.67 Å². The van der Waals surface area contributed by atoms with Gasteiger partial charge in [0.2, 0.25) is 0 Å². The Labute approximate surface area is 138 Å². The van der Waals surface area contributed by atoms with Crippen LogP contribution in [0.2, 0.25) is 0 Å². The molecule has 6 nitrogen and oxygen atoms in total. The van der Waals surface area contributed by atoms with E-state index >= 15 is 0 Å². The molecule has 24 heavy (non-hydrogen) atoms. The second kappa shape index (κ2) is 5.81. The zero-order valence-corrected chi connectivity index (χ0v) is 13.0. The smallest absolute Gasteiger partial charge is 0.286 e. The maximum absolute atomic E-state index is 12.5. The van der Waals surface area contributed by atoms with Gasteiger partial charge in [0, 0.05) is 5.69 Å². The van der Waals surface area contributed by atoms with Crippen LogP contribution in [0.3, 0.4) is 0 Å². The van der Waals surface area contributed by atoms with E-state index in [2.05, 4.69) is 5.10 Å². The molecule has 0 saturated carbocycles. The highest BCUT2D eigenvalue weighted by atomic mass is 16.2. The van der Waals surface area contributed by atoms with Gasteiger partial charge in [-0.1, -0.05) is 48.5 Å². The van der Waals surface area contributed by atoms with Gasteiger partial charge < -0.3 is 0 Å². The predicted octanol–water partition coefficient (Wildman–Crippen LogP) is 2.28. The van der Waals surface area contributed by atoms with Crippen LogP contribution in [0.4, 0.5) is 10.5 Å². The van der Waals surface area contributed by atoms with E-state index in [1.54, 1.807) is 4.90 Å². The lowest BCUT2D eigenvalue weighted by Gasteiger charge is -2.14. The molecular formula is C18H16N4O2. The van der Waals surface area contributed by atoms with E-state index in [1.165, 1.54) is 4.68 Å². The first-order chi connectivity index (χ1) is 11.7. The van der Waals surface area contributed by atoms with Crippen LogP contribution in [-0.2, 0) is 19.5 Å². The van der Waals surface area contributed by atoms with Gasteiger partial charge >= 0.3 is 11.7 Å². The number of amides is 1. The summed E-state index contributed by atoms with van der Waals surface area (Å²) in [5.74, 6) is 0.488. The van der Waals surface area contributed by atoms with Crippen LogP contribution < -0.4 is 10.6 Å². The lowest BCUT2D eigenvalue weighted by molar-refractivity contribution is 0.250. The summed E-state index contributed by atoms with van der Waals surface area (Å²) in [4.78, 5) is 26.6. The molecule has 1 amide bonds. The van der Waals surface area contributed by atoms with E-state index in [4.69, 9.17) is 0 Å². The van der Waals surface area contributed by atoms with Crippen LogP contribution >= 0.6 is 0 Å². The number of carbonyl (C=O) groups excluding carboxylic acids is 1. The number of nitrogens with zero attached hydrogens (tertiary/aromatic N) is 4. The number of fused-ring (bicyclic) bond motifs is 1. The fourth-order valence-corrected chi connectivity index (χ4v) is 2.91. The van der Waals surface area contributed by atoms with E-state index in [0.717, 1.165) is 15.8 Å². The van der Waals surface area contributed by atoms with Gasteiger partial charge in [-0.3, -0.25) is 4.90 Å². The first kappa shape index (κ1) is 14.4. The Hall–Kier alpha value is -3.15. The predicted molar refractivity (Wildman–Crippen MR) is 90.1 cm³/mol. The molecule has 0 aliphatic carbocycles. The molecule has 1 aliphatic heterocycles. The standard InChI is InChI=1S/C18H16N4O2/c23-17-20(15-9-5-2-6-10-15)13-16-19-21(18(24)22(16)17)12-11-14-7-3-1-4-8-14/h1-10H,11-13H2. The summed E-state index contributed by atoms with van der Waals surface area (Å²) in [6, 6.07) is 18.9. The molecule has 1 aromatic heterocycles. The van der Waals surface area contributed by atoms with Crippen LogP contribution in [0.1, 0.15) is 11.4 Å². The average molecular weight is 320 g/mol. The van der Waals surface area contributed by atoms with Gasteiger partial charge in [-0.15, -0.1) is 0 Å². The van der Waals surface area contributed by atoms with E-state index in [9.17, 15) is 9.59 Å². The molecule has 2 aromatic carbocycles. The number of para-hydroxylation sites is 1. The summed E-state index contributed by atoms with van der Waals surface area (Å²) in [5.41, 5.74) is 1.53. The number of rotatable bonds is 4. The number of hydrogen-bond donors (Lipinski definition) is 0. The van der Waals surface area contributed by atoms with Crippen molar-refractivity contribution < 1.29 is 4.79 Å². The van der Waals surface area contributed by atoms with Crippen molar-refractivity contribution in [2.24, 2.45) is 0 Å². The number of hydrogen-bond acceptors (Lipinski definition) is 3. The largest absolute Gasteiger partial charge is 0.354 e. The maximum atomic E-state index is 12.5. The van der Waals surface area contributed by atoms with Crippen LogP contribution in [0.25, 0.3) is 0 Å². The van der Waals surface area contributed by atoms with Crippen molar-refractivity contribution in [1.29, 1.82) is 0 Å². The molecule has 0 spiro atoms. The van der Waals surface area contributed by atoms with E-state index in [0.29, 0.717) is 25.3 Å². The minimum atomic E-state index is -0.371. The molecule has 4 rings (SSSR count). The van der Waals surface area contributed by atoms with Crippen LogP contribution in [-0.4, -0.2) is 20.4 Å². The number of aromatic nitrogens is 3. The highest BCUT2D eigenvalue weighted by Gasteiger charge is 2.33. The topological polar surface area (TPSA) is 60.1 Å². The fraction of sp³-hybridized carbons (Fsp3) is 0.167. The molecule has 0 fully saturated rings. The van der Waals surface area contributed by atoms with Crippen molar-refractivity contribution in [3.8, 4) is 0 Å². The number of anilines is 1. The van der Waals surface area contributed by atoms with Crippen LogP contribution in [0.5, 0.6) is 0 Å². The number of aryl methyl sites for hydroxylation is 2. The van der Waals surface area contributed by atoms with Gasteiger partial charge in [0.1, 0.15) is 0 Å². The first-order valence-electron chi connectivity index (χ1n) is 7.83. The summed E-state index contributed by atoms with van der Waals surface area (Å²) in [7, 11) is 0. The Bertz CT molecular complexity index is 929.